The van der Waals surface area contributed by atoms with Crippen LogP contribution in [0.5, 0.6) is 11.5 Å². The molecule has 2 aromatic heterocycles. The molecule has 6 aromatic rings. The highest BCUT2D eigenvalue weighted by Gasteiger charge is 2.28. The van der Waals surface area contributed by atoms with Crippen LogP contribution in [-0.4, -0.2) is 32.4 Å². The number of phenolic OH excluding ortho intramolecular Hbond substituents is 2. The molecule has 0 amide bonds. The normalized spacial score (nSPS) is 11.4. The van der Waals surface area contributed by atoms with E-state index in [4.69, 9.17) is 8.83 Å². The molecule has 2 heterocycles. The summed E-state index contributed by atoms with van der Waals surface area (Å²) in [6.07, 6.45) is -0.945. The molecule has 9 nitrogen and oxygen atoms in total. The lowest BCUT2D eigenvalue weighted by molar-refractivity contribution is -0.137. The molecule has 6 rings (SSSR count). The Morgan fingerprint density at radius 3 is 1.68 bits per heavy atom. The number of aliphatic carboxylic acids is 2. The van der Waals surface area contributed by atoms with Crippen LogP contribution in [0.15, 0.2) is 86.4 Å². The summed E-state index contributed by atoms with van der Waals surface area (Å²) in [4.78, 5) is 37.6. The number of carboxylic acid groups (broad SMARTS) is 2. The van der Waals surface area contributed by atoms with Crippen molar-refractivity contribution in [1.29, 1.82) is 0 Å². The summed E-state index contributed by atoms with van der Waals surface area (Å²) in [7, 11) is 0. The molecule has 0 aliphatic heterocycles. The van der Waals surface area contributed by atoms with Crippen molar-refractivity contribution in [3.8, 4) is 34.1 Å². The SMILES string of the molecule is O=C(O)Cc1c(-c2ccccc2)oc2c(=O)c3c(O)c(O)c4oc(-c5ccccc5)c(CC(=O)O)c4c3ccc12. The first-order chi connectivity index (χ1) is 19.3. The average Bonchev–Trinajstić information content (AvgIpc) is 3.44. The van der Waals surface area contributed by atoms with E-state index >= 15 is 0 Å². The van der Waals surface area contributed by atoms with Gasteiger partial charge >= 0.3 is 11.9 Å². The molecule has 198 valence electrons. The molecule has 0 aliphatic rings. The zero-order valence-electron chi connectivity index (χ0n) is 20.7. The number of furan rings is 2. The van der Waals surface area contributed by atoms with Gasteiger partial charge in [0.25, 0.3) is 0 Å². The van der Waals surface area contributed by atoms with Gasteiger partial charge in [-0.15, -0.1) is 0 Å². The van der Waals surface area contributed by atoms with E-state index in [0.717, 1.165) is 0 Å². The van der Waals surface area contributed by atoms with Gasteiger partial charge in [-0.05, 0) is 0 Å². The molecule has 0 bridgehead atoms. The summed E-state index contributed by atoms with van der Waals surface area (Å²) in [6, 6.07) is 20.3. The number of aromatic hydroxyl groups is 2. The van der Waals surface area contributed by atoms with Crippen LogP contribution in [0.25, 0.3) is 55.4 Å². The Hall–Kier alpha value is -5.57. The molecule has 0 spiro atoms. The predicted molar refractivity (Wildman–Crippen MR) is 147 cm³/mol. The number of phenols is 2. The third-order valence-corrected chi connectivity index (χ3v) is 6.85. The Morgan fingerprint density at radius 1 is 0.600 bits per heavy atom. The monoisotopic (exact) mass is 536 g/mol. The van der Waals surface area contributed by atoms with Crippen LogP contribution in [-0.2, 0) is 22.4 Å². The Bertz CT molecular complexity index is 2040. The minimum atomic E-state index is -1.17. The van der Waals surface area contributed by atoms with Gasteiger partial charge in [0, 0.05) is 38.4 Å². The molecule has 0 fully saturated rings. The van der Waals surface area contributed by atoms with Crippen molar-refractivity contribution >= 4 is 44.6 Å². The Labute approximate surface area is 224 Å². The van der Waals surface area contributed by atoms with Crippen LogP contribution in [0.1, 0.15) is 11.1 Å². The van der Waals surface area contributed by atoms with Gasteiger partial charge < -0.3 is 29.3 Å². The van der Waals surface area contributed by atoms with Crippen molar-refractivity contribution in [3.05, 3.63) is 94.1 Å². The highest BCUT2D eigenvalue weighted by Crippen LogP contribution is 2.47. The van der Waals surface area contributed by atoms with Gasteiger partial charge in [0.05, 0.1) is 18.2 Å². The van der Waals surface area contributed by atoms with E-state index in [-0.39, 0.29) is 55.4 Å². The number of hydrogen-bond acceptors (Lipinski definition) is 7. The molecular formula is C31H20O9. The number of hydrogen-bond donors (Lipinski definition) is 4. The Morgan fingerprint density at radius 2 is 1.10 bits per heavy atom. The summed E-state index contributed by atoms with van der Waals surface area (Å²) < 4.78 is 11.9. The van der Waals surface area contributed by atoms with E-state index in [2.05, 4.69) is 0 Å². The first-order valence-corrected chi connectivity index (χ1v) is 12.2. The lowest BCUT2D eigenvalue weighted by Crippen LogP contribution is -2.02. The largest absolute Gasteiger partial charge is 0.504 e. The quantitative estimate of drug-likeness (QED) is 0.196. The molecule has 0 atom stereocenters. The van der Waals surface area contributed by atoms with Crippen LogP contribution in [0.3, 0.4) is 0 Å². The van der Waals surface area contributed by atoms with E-state index in [9.17, 15) is 34.8 Å². The van der Waals surface area contributed by atoms with Crippen molar-refractivity contribution in [2.45, 2.75) is 12.8 Å². The minimum Gasteiger partial charge on any atom is -0.504 e. The van der Waals surface area contributed by atoms with Crippen LogP contribution >= 0.6 is 0 Å². The van der Waals surface area contributed by atoms with Gasteiger partial charge in [-0.25, -0.2) is 0 Å². The predicted octanol–water partition coefficient (Wildman–Crippen LogP) is 5.69. The summed E-state index contributed by atoms with van der Waals surface area (Å²) in [5, 5.41) is 41.5. The second-order valence-electron chi connectivity index (χ2n) is 9.29. The fraction of sp³-hybridized carbons (Fsp3) is 0.0645. The maximum atomic E-state index is 13.9. The number of fused-ring (bicyclic) bond motifs is 4. The molecule has 0 saturated heterocycles. The second-order valence-corrected chi connectivity index (χ2v) is 9.29. The van der Waals surface area contributed by atoms with Crippen LogP contribution in [0.2, 0.25) is 0 Å². The summed E-state index contributed by atoms with van der Waals surface area (Å²) >= 11 is 0. The number of carbonyl (C=O) groups is 2. The van der Waals surface area contributed by atoms with Gasteiger partial charge in [-0.2, -0.15) is 0 Å². The average molecular weight is 536 g/mol. The van der Waals surface area contributed by atoms with Gasteiger partial charge in [0.2, 0.25) is 11.2 Å². The van der Waals surface area contributed by atoms with Gasteiger partial charge in [0.15, 0.2) is 16.9 Å². The van der Waals surface area contributed by atoms with Crippen molar-refractivity contribution in [2.24, 2.45) is 0 Å². The summed E-state index contributed by atoms with van der Waals surface area (Å²) in [5.41, 5.74) is 0.350. The zero-order valence-corrected chi connectivity index (χ0v) is 20.7. The smallest absolute Gasteiger partial charge is 0.307 e. The fourth-order valence-electron chi connectivity index (χ4n) is 5.19. The van der Waals surface area contributed by atoms with Crippen molar-refractivity contribution in [3.63, 3.8) is 0 Å². The van der Waals surface area contributed by atoms with Gasteiger partial charge in [-0.3, -0.25) is 14.4 Å². The van der Waals surface area contributed by atoms with E-state index in [0.29, 0.717) is 11.1 Å². The summed E-state index contributed by atoms with van der Waals surface area (Å²) in [5.74, 6) is -3.45. The number of benzene rings is 3. The summed E-state index contributed by atoms with van der Waals surface area (Å²) in [6.45, 7) is 0. The first-order valence-electron chi connectivity index (χ1n) is 12.2. The van der Waals surface area contributed by atoms with Crippen molar-refractivity contribution in [2.75, 3.05) is 0 Å². The molecule has 4 N–H and O–H groups in total. The van der Waals surface area contributed by atoms with Gasteiger partial charge in [0.1, 0.15) is 11.5 Å². The fourth-order valence-corrected chi connectivity index (χ4v) is 5.19. The first kappa shape index (κ1) is 24.7. The van der Waals surface area contributed by atoms with Crippen LogP contribution in [0, 0.1) is 0 Å². The highest BCUT2D eigenvalue weighted by atomic mass is 16.4. The highest BCUT2D eigenvalue weighted by molar-refractivity contribution is 6.16. The molecule has 0 radical (unpaired) electrons. The molecule has 9 heteroatoms. The van der Waals surface area contributed by atoms with Crippen molar-refractivity contribution < 1.29 is 38.8 Å². The van der Waals surface area contributed by atoms with E-state index < -0.39 is 41.7 Å². The number of rotatable bonds is 6. The van der Waals surface area contributed by atoms with E-state index in [1.54, 1.807) is 60.7 Å². The minimum absolute atomic E-state index is 0.117. The third-order valence-electron chi connectivity index (χ3n) is 6.85. The van der Waals surface area contributed by atoms with Gasteiger partial charge in [-0.1, -0.05) is 72.8 Å². The van der Waals surface area contributed by atoms with Crippen molar-refractivity contribution in [1.82, 2.24) is 0 Å². The van der Waals surface area contributed by atoms with Crippen LogP contribution < -0.4 is 5.43 Å². The van der Waals surface area contributed by atoms with E-state index in [1.807, 2.05) is 0 Å². The lowest BCUT2D eigenvalue weighted by atomic mass is 9.98. The molecule has 4 aromatic carbocycles. The zero-order chi connectivity index (χ0) is 28.1. The molecule has 0 saturated carbocycles. The number of carboxylic acids is 2. The molecule has 0 aliphatic carbocycles. The Kier molecular flexibility index (Phi) is 5.76. The molecule has 40 heavy (non-hydrogen) atoms. The van der Waals surface area contributed by atoms with E-state index in [1.165, 1.54) is 12.1 Å². The topological polar surface area (TPSA) is 158 Å². The maximum Gasteiger partial charge on any atom is 0.307 e. The molecule has 0 unspecified atom stereocenters. The lowest BCUT2D eigenvalue weighted by Gasteiger charge is -2.04. The second kappa shape index (κ2) is 9.32. The van der Waals surface area contributed by atoms with Crippen LogP contribution in [0.4, 0.5) is 0 Å². The standard InChI is InChI=1S/C31H20O9/c32-21(33)13-19-17-11-12-18-23-20(14-22(34)35)29(16-9-5-2-6-10-16)40-31(23)27(38)25(36)24(18)26(37)30(17)39-28(19)15-7-3-1-4-8-15/h1-12,36,38H,13-14H2,(H,32,33)(H,34,35). The maximum absolute atomic E-state index is 13.9. The Balaban J connectivity index is 1.78. The molecular weight excluding hydrogens is 516 g/mol. The third kappa shape index (κ3) is 3.83.